The van der Waals surface area contributed by atoms with Crippen molar-refractivity contribution in [2.24, 2.45) is 11.7 Å². The molecule has 0 radical (unpaired) electrons. The van der Waals surface area contributed by atoms with E-state index >= 15 is 0 Å². The minimum atomic E-state index is -0.605. The quantitative estimate of drug-likeness (QED) is 0.695. The third-order valence-electron chi connectivity index (χ3n) is 2.99. The van der Waals surface area contributed by atoms with E-state index in [2.05, 4.69) is 10.6 Å². The molecule has 0 aliphatic carbocycles. The van der Waals surface area contributed by atoms with Crippen molar-refractivity contribution in [3.63, 3.8) is 0 Å². The topological polar surface area (TPSA) is 93.5 Å². The summed E-state index contributed by atoms with van der Waals surface area (Å²) in [6.07, 6.45) is 0. The summed E-state index contributed by atoms with van der Waals surface area (Å²) < 4.78 is 5.01. The summed E-state index contributed by atoms with van der Waals surface area (Å²) in [7, 11) is 1.63. The second kappa shape index (κ2) is 8.39. The smallest absolute Gasteiger partial charge is 0.243 e. The Hall–Kier alpha value is -1.92. The molecule has 0 saturated heterocycles. The number of hydrogen-bond acceptors (Lipinski definition) is 4. The Morgan fingerprint density at radius 2 is 1.86 bits per heavy atom. The van der Waals surface area contributed by atoms with Crippen LogP contribution in [0.3, 0.4) is 0 Å². The number of anilines is 1. The Morgan fingerprint density at radius 1 is 1.24 bits per heavy atom. The van der Waals surface area contributed by atoms with Crippen molar-refractivity contribution < 1.29 is 14.3 Å². The van der Waals surface area contributed by atoms with Crippen molar-refractivity contribution in [3.8, 4) is 0 Å². The van der Waals surface area contributed by atoms with Crippen LogP contribution in [0.4, 0.5) is 5.69 Å². The zero-order valence-corrected chi connectivity index (χ0v) is 12.7. The van der Waals surface area contributed by atoms with E-state index in [9.17, 15) is 9.59 Å². The number of hydrogen-bond donors (Lipinski definition) is 3. The number of benzene rings is 1. The first-order valence-electron chi connectivity index (χ1n) is 6.85. The second-order valence-corrected chi connectivity index (χ2v) is 5.17. The van der Waals surface area contributed by atoms with Gasteiger partial charge in [0.05, 0.1) is 19.2 Å². The molecule has 2 amide bonds. The summed E-state index contributed by atoms with van der Waals surface area (Å²) >= 11 is 0. The highest BCUT2D eigenvalue weighted by atomic mass is 16.5. The van der Waals surface area contributed by atoms with E-state index < -0.39 is 6.04 Å². The van der Waals surface area contributed by atoms with Gasteiger partial charge in [-0.2, -0.15) is 0 Å². The van der Waals surface area contributed by atoms with Gasteiger partial charge in [-0.3, -0.25) is 9.59 Å². The lowest BCUT2D eigenvalue weighted by Crippen LogP contribution is -2.46. The second-order valence-electron chi connectivity index (χ2n) is 5.17. The first-order chi connectivity index (χ1) is 9.93. The van der Waals surface area contributed by atoms with Crippen LogP contribution in [0, 0.1) is 5.92 Å². The molecule has 0 aromatic heterocycles. The molecule has 6 nitrogen and oxygen atoms in total. The Kier molecular flexibility index (Phi) is 6.84. The molecule has 0 bridgehead atoms. The van der Waals surface area contributed by atoms with Gasteiger partial charge in [-0.25, -0.2) is 0 Å². The molecule has 0 heterocycles. The number of methoxy groups -OCH3 is 1. The first kappa shape index (κ1) is 17.1. The largest absolute Gasteiger partial charge is 0.380 e. The predicted molar refractivity (Wildman–Crippen MR) is 81.6 cm³/mol. The highest BCUT2D eigenvalue weighted by Crippen LogP contribution is 2.09. The van der Waals surface area contributed by atoms with Gasteiger partial charge < -0.3 is 21.1 Å². The minimum absolute atomic E-state index is 0.0291. The fourth-order valence-electron chi connectivity index (χ4n) is 1.64. The number of carbonyl (C=O) groups excluding carboxylic acids is 2. The Morgan fingerprint density at radius 3 is 2.38 bits per heavy atom. The molecule has 1 rings (SSSR count). The van der Waals surface area contributed by atoms with Gasteiger partial charge in [0.15, 0.2) is 0 Å². The molecule has 4 N–H and O–H groups in total. The van der Waals surface area contributed by atoms with E-state index in [4.69, 9.17) is 10.5 Å². The van der Waals surface area contributed by atoms with Crippen LogP contribution in [0.2, 0.25) is 0 Å². The van der Waals surface area contributed by atoms with E-state index in [1.165, 1.54) is 0 Å². The standard InChI is InChI=1S/C15H23N3O3/c1-10(2)14(16)15(20)17-8-13(19)18-12-6-4-11(5-7-12)9-21-3/h4-7,10,14H,8-9,16H2,1-3H3,(H,17,20)(H,18,19). The number of carbonyl (C=O) groups is 2. The van der Waals surface area contributed by atoms with Crippen LogP contribution < -0.4 is 16.4 Å². The molecule has 0 aliphatic heterocycles. The van der Waals surface area contributed by atoms with Crippen LogP contribution in [0.5, 0.6) is 0 Å². The molecular formula is C15H23N3O3. The number of ether oxygens (including phenoxy) is 1. The maximum atomic E-state index is 11.7. The van der Waals surface area contributed by atoms with Crippen LogP contribution >= 0.6 is 0 Å². The molecule has 1 aromatic rings. The zero-order valence-electron chi connectivity index (χ0n) is 12.7. The average molecular weight is 293 g/mol. The molecule has 1 aromatic carbocycles. The maximum absolute atomic E-state index is 11.7. The lowest BCUT2D eigenvalue weighted by atomic mass is 10.1. The van der Waals surface area contributed by atoms with Gasteiger partial charge >= 0.3 is 0 Å². The van der Waals surface area contributed by atoms with Crippen molar-refractivity contribution in [1.82, 2.24) is 5.32 Å². The SMILES string of the molecule is COCc1ccc(NC(=O)CNC(=O)C(N)C(C)C)cc1. The van der Waals surface area contributed by atoms with Crippen LogP contribution in [0.15, 0.2) is 24.3 Å². The lowest BCUT2D eigenvalue weighted by molar-refractivity contribution is -0.125. The summed E-state index contributed by atoms with van der Waals surface area (Å²) in [4.78, 5) is 23.4. The van der Waals surface area contributed by atoms with Crippen molar-refractivity contribution >= 4 is 17.5 Å². The predicted octanol–water partition coefficient (Wildman–Crippen LogP) is 0.871. The van der Waals surface area contributed by atoms with Gasteiger partial charge in [-0.1, -0.05) is 26.0 Å². The van der Waals surface area contributed by atoms with E-state index in [0.717, 1.165) is 5.56 Å². The van der Waals surface area contributed by atoms with Crippen LogP contribution in [-0.2, 0) is 20.9 Å². The first-order valence-corrected chi connectivity index (χ1v) is 6.85. The molecule has 0 saturated carbocycles. The molecule has 0 spiro atoms. The van der Waals surface area contributed by atoms with Crippen LogP contribution in [0.1, 0.15) is 19.4 Å². The van der Waals surface area contributed by atoms with Crippen molar-refractivity contribution in [2.45, 2.75) is 26.5 Å². The average Bonchev–Trinajstić information content (AvgIpc) is 2.46. The van der Waals surface area contributed by atoms with Crippen molar-refractivity contribution in [3.05, 3.63) is 29.8 Å². The highest BCUT2D eigenvalue weighted by Gasteiger charge is 2.17. The van der Waals surface area contributed by atoms with Crippen LogP contribution in [-0.4, -0.2) is 31.5 Å². The van der Waals surface area contributed by atoms with Gasteiger partial charge in [0.2, 0.25) is 11.8 Å². The molecular weight excluding hydrogens is 270 g/mol. The highest BCUT2D eigenvalue weighted by molar-refractivity contribution is 5.95. The fourth-order valence-corrected chi connectivity index (χ4v) is 1.64. The Bertz CT molecular complexity index is 472. The monoisotopic (exact) mass is 293 g/mol. The van der Waals surface area contributed by atoms with E-state index in [1.54, 1.807) is 19.2 Å². The number of amides is 2. The summed E-state index contributed by atoms with van der Waals surface area (Å²) in [5.74, 6) is -0.587. The molecule has 21 heavy (non-hydrogen) atoms. The van der Waals surface area contributed by atoms with Crippen LogP contribution in [0.25, 0.3) is 0 Å². The number of nitrogens with two attached hydrogens (primary N) is 1. The number of rotatable bonds is 7. The summed E-state index contributed by atoms with van der Waals surface area (Å²) in [6.45, 7) is 4.13. The van der Waals surface area contributed by atoms with Gasteiger partial charge in [-0.05, 0) is 23.6 Å². The Balaban J connectivity index is 2.41. The van der Waals surface area contributed by atoms with Crippen molar-refractivity contribution in [2.75, 3.05) is 19.0 Å². The van der Waals surface area contributed by atoms with Gasteiger partial charge in [0.1, 0.15) is 0 Å². The molecule has 6 heteroatoms. The molecule has 0 fully saturated rings. The fraction of sp³-hybridized carbons (Fsp3) is 0.467. The third kappa shape index (κ3) is 5.93. The third-order valence-corrected chi connectivity index (χ3v) is 2.99. The Labute approximate surface area is 125 Å². The molecule has 0 aliphatic rings. The molecule has 1 unspecified atom stereocenters. The molecule has 116 valence electrons. The number of nitrogens with one attached hydrogen (secondary N) is 2. The zero-order chi connectivity index (χ0) is 15.8. The summed E-state index contributed by atoms with van der Waals surface area (Å²) in [5, 5.41) is 5.22. The van der Waals surface area contributed by atoms with E-state index in [0.29, 0.717) is 12.3 Å². The molecule has 1 atom stereocenters. The van der Waals surface area contributed by atoms with Gasteiger partial charge in [0, 0.05) is 12.8 Å². The summed E-state index contributed by atoms with van der Waals surface area (Å²) in [5.41, 5.74) is 7.38. The van der Waals surface area contributed by atoms with E-state index in [1.807, 2.05) is 26.0 Å². The normalized spacial score (nSPS) is 12.0. The maximum Gasteiger partial charge on any atom is 0.243 e. The van der Waals surface area contributed by atoms with Gasteiger partial charge in [0.25, 0.3) is 0 Å². The summed E-state index contributed by atoms with van der Waals surface area (Å²) in [6, 6.07) is 6.70. The van der Waals surface area contributed by atoms with Crippen molar-refractivity contribution in [1.29, 1.82) is 0 Å². The minimum Gasteiger partial charge on any atom is -0.380 e. The van der Waals surface area contributed by atoms with E-state index in [-0.39, 0.29) is 24.3 Å². The lowest BCUT2D eigenvalue weighted by Gasteiger charge is -2.15. The van der Waals surface area contributed by atoms with Gasteiger partial charge in [-0.15, -0.1) is 0 Å².